The number of nitrogens with zero attached hydrogens (tertiary/aromatic N) is 2. The maximum absolute atomic E-state index is 2.46. The monoisotopic (exact) mass is 778 g/mol. The number of hydrogen-bond acceptors (Lipinski definition) is 1. The quantitative estimate of drug-likeness (QED) is 0.163. The molecule has 1 heterocycles. The van der Waals surface area contributed by atoms with Crippen molar-refractivity contribution in [3.63, 3.8) is 0 Å². The van der Waals surface area contributed by atoms with Crippen LogP contribution < -0.4 is 4.90 Å². The molecule has 12 rings (SSSR count). The molecule has 1 aliphatic rings. The van der Waals surface area contributed by atoms with Gasteiger partial charge in [-0.3, -0.25) is 0 Å². The molecule has 2 nitrogen and oxygen atoms in total. The highest BCUT2D eigenvalue weighted by molar-refractivity contribution is 6.16. The molecule has 10 aromatic carbocycles. The van der Waals surface area contributed by atoms with E-state index < -0.39 is 0 Å². The number of para-hydroxylation sites is 1. The maximum atomic E-state index is 2.46. The zero-order chi connectivity index (χ0) is 40.7. The third kappa shape index (κ3) is 5.64. The molecular weight excluding hydrogens is 737 g/mol. The molecule has 0 spiro atoms. The molecule has 1 aliphatic carbocycles. The summed E-state index contributed by atoms with van der Waals surface area (Å²) in [5.74, 6) is 0. The molecule has 0 radical (unpaired) electrons. The van der Waals surface area contributed by atoms with Crippen LogP contribution in [0.1, 0.15) is 25.0 Å². The molecule has 11 aromatic rings. The first-order valence-electron chi connectivity index (χ1n) is 21.3. The predicted molar refractivity (Wildman–Crippen MR) is 259 cm³/mol. The first kappa shape index (κ1) is 35.3. The second-order valence-electron chi connectivity index (χ2n) is 17.0. The number of aromatic nitrogens is 1. The van der Waals surface area contributed by atoms with Gasteiger partial charge in [-0.25, -0.2) is 0 Å². The molecule has 61 heavy (non-hydrogen) atoms. The lowest BCUT2D eigenvalue weighted by Crippen LogP contribution is -2.15. The molecule has 0 saturated carbocycles. The maximum Gasteiger partial charge on any atom is 0.0547 e. The van der Waals surface area contributed by atoms with E-state index in [1.807, 2.05) is 0 Å². The number of anilines is 3. The van der Waals surface area contributed by atoms with Gasteiger partial charge < -0.3 is 9.47 Å². The van der Waals surface area contributed by atoms with Gasteiger partial charge in [0.15, 0.2) is 0 Å². The Kier molecular flexibility index (Phi) is 7.92. The first-order valence-corrected chi connectivity index (χ1v) is 21.3. The van der Waals surface area contributed by atoms with Crippen molar-refractivity contribution in [3.05, 3.63) is 230 Å². The van der Waals surface area contributed by atoms with Crippen LogP contribution in [0.2, 0.25) is 0 Å². The highest BCUT2D eigenvalue weighted by Gasteiger charge is 2.36. The van der Waals surface area contributed by atoms with Crippen LogP contribution in [0.25, 0.3) is 82.4 Å². The zero-order valence-electron chi connectivity index (χ0n) is 34.2. The van der Waals surface area contributed by atoms with Gasteiger partial charge in [0.1, 0.15) is 0 Å². The fourth-order valence-electron chi connectivity index (χ4n) is 10.2. The van der Waals surface area contributed by atoms with Gasteiger partial charge in [-0.1, -0.05) is 159 Å². The summed E-state index contributed by atoms with van der Waals surface area (Å²) in [5, 5.41) is 7.57. The number of hydrogen-bond donors (Lipinski definition) is 0. The van der Waals surface area contributed by atoms with Crippen LogP contribution in [-0.2, 0) is 5.41 Å². The van der Waals surface area contributed by atoms with E-state index in [9.17, 15) is 0 Å². The van der Waals surface area contributed by atoms with Crippen molar-refractivity contribution < 1.29 is 0 Å². The summed E-state index contributed by atoms with van der Waals surface area (Å²) in [6.45, 7) is 4.77. The summed E-state index contributed by atoms with van der Waals surface area (Å²) in [6.07, 6.45) is 0. The molecule has 0 amide bonds. The topological polar surface area (TPSA) is 8.17 Å². The number of rotatable bonds is 6. The lowest BCUT2D eigenvalue weighted by molar-refractivity contribution is 0.666. The van der Waals surface area contributed by atoms with Gasteiger partial charge in [0, 0.05) is 38.9 Å². The fraction of sp³-hybridized carbons (Fsp3) is 0.0508. The molecular formula is C59H42N2. The van der Waals surface area contributed by atoms with Gasteiger partial charge in [0.25, 0.3) is 0 Å². The van der Waals surface area contributed by atoms with E-state index in [0.717, 1.165) is 17.1 Å². The summed E-state index contributed by atoms with van der Waals surface area (Å²) in [7, 11) is 0. The first-order chi connectivity index (χ1) is 30.0. The molecule has 0 fully saturated rings. The molecule has 2 heteroatoms. The van der Waals surface area contributed by atoms with E-state index in [2.05, 4.69) is 242 Å². The van der Waals surface area contributed by atoms with Gasteiger partial charge >= 0.3 is 0 Å². The Morgan fingerprint density at radius 3 is 1.69 bits per heavy atom. The summed E-state index contributed by atoms with van der Waals surface area (Å²) < 4.78 is 2.45. The van der Waals surface area contributed by atoms with Crippen LogP contribution in [0.4, 0.5) is 17.1 Å². The van der Waals surface area contributed by atoms with Crippen LogP contribution in [0.15, 0.2) is 218 Å². The summed E-state index contributed by atoms with van der Waals surface area (Å²) in [4.78, 5) is 2.36. The normalized spacial score (nSPS) is 12.9. The Morgan fingerprint density at radius 2 is 0.934 bits per heavy atom. The Labute approximate surface area is 356 Å². The van der Waals surface area contributed by atoms with Gasteiger partial charge in [-0.15, -0.1) is 0 Å². The van der Waals surface area contributed by atoms with E-state index >= 15 is 0 Å². The van der Waals surface area contributed by atoms with E-state index in [-0.39, 0.29) is 5.41 Å². The molecule has 0 bridgehead atoms. The number of benzene rings is 10. The van der Waals surface area contributed by atoms with Crippen molar-refractivity contribution in [2.45, 2.75) is 19.3 Å². The van der Waals surface area contributed by atoms with Crippen molar-refractivity contribution in [2.24, 2.45) is 0 Å². The van der Waals surface area contributed by atoms with Crippen molar-refractivity contribution in [3.8, 4) is 39.1 Å². The molecule has 0 N–H and O–H groups in total. The van der Waals surface area contributed by atoms with E-state index in [0.29, 0.717) is 0 Å². The minimum Gasteiger partial charge on any atom is -0.310 e. The zero-order valence-corrected chi connectivity index (χ0v) is 34.2. The molecule has 0 saturated heterocycles. The van der Waals surface area contributed by atoms with Crippen LogP contribution in [-0.4, -0.2) is 4.57 Å². The third-order valence-electron chi connectivity index (χ3n) is 13.1. The van der Waals surface area contributed by atoms with E-state index in [4.69, 9.17) is 0 Å². The van der Waals surface area contributed by atoms with Crippen LogP contribution in [0.5, 0.6) is 0 Å². The van der Waals surface area contributed by atoms with Crippen LogP contribution in [0.3, 0.4) is 0 Å². The lowest BCUT2D eigenvalue weighted by Gasteiger charge is -2.26. The van der Waals surface area contributed by atoms with Crippen molar-refractivity contribution in [1.29, 1.82) is 0 Å². The Hall–Kier alpha value is -7.68. The van der Waals surface area contributed by atoms with Crippen molar-refractivity contribution >= 4 is 60.4 Å². The van der Waals surface area contributed by atoms with E-state index in [1.54, 1.807) is 0 Å². The molecule has 0 aliphatic heterocycles. The molecule has 288 valence electrons. The Morgan fingerprint density at radius 1 is 0.361 bits per heavy atom. The molecule has 0 unspecified atom stereocenters. The minimum absolute atomic E-state index is 0.0997. The summed E-state index contributed by atoms with van der Waals surface area (Å²) in [5.41, 5.74) is 17.2. The van der Waals surface area contributed by atoms with Crippen LogP contribution in [0, 0.1) is 0 Å². The fourth-order valence-corrected chi connectivity index (χ4v) is 10.2. The lowest BCUT2D eigenvalue weighted by atomic mass is 9.80. The Balaban J connectivity index is 0.985. The third-order valence-corrected chi connectivity index (χ3v) is 13.1. The summed E-state index contributed by atoms with van der Waals surface area (Å²) in [6, 6.07) is 80.3. The average molecular weight is 779 g/mol. The predicted octanol–water partition coefficient (Wildman–Crippen LogP) is 16.2. The van der Waals surface area contributed by atoms with E-state index in [1.165, 1.54) is 93.5 Å². The SMILES string of the molecule is CC1(C)c2ccccc2-c2ccc3cc4c5cc(-c6ccc(N(c7ccc(-c8ccccc8)cc7)c7ccc8ccccc8c7)cc6)ccc5n(-c5ccccc5)c4cc3c21. The minimum atomic E-state index is -0.0997. The van der Waals surface area contributed by atoms with Gasteiger partial charge in [0.05, 0.1) is 11.0 Å². The van der Waals surface area contributed by atoms with Gasteiger partial charge in [-0.2, -0.15) is 0 Å². The second-order valence-corrected chi connectivity index (χ2v) is 17.0. The summed E-state index contributed by atoms with van der Waals surface area (Å²) >= 11 is 0. The molecule has 0 atom stereocenters. The smallest absolute Gasteiger partial charge is 0.0547 e. The highest BCUT2D eigenvalue weighted by Crippen LogP contribution is 2.52. The highest BCUT2D eigenvalue weighted by atomic mass is 15.1. The van der Waals surface area contributed by atoms with Crippen molar-refractivity contribution in [2.75, 3.05) is 4.90 Å². The van der Waals surface area contributed by atoms with Crippen LogP contribution >= 0.6 is 0 Å². The standard InChI is InChI=1S/C59H42N2/c1-59(2)55-20-12-11-19-50(55)51-33-26-45-37-54-53-36-44(27-34-56(53)61(46-17-7-4-8-18-46)57(54)38-52(45)58(51)59)42-23-30-48(31-24-42)60(49-32-25-40-15-9-10-16-43(40)35-49)47-28-21-41(22-29-47)39-13-5-3-6-14-39/h3-38H,1-2H3. The molecule has 1 aromatic heterocycles. The largest absolute Gasteiger partial charge is 0.310 e. The van der Waals surface area contributed by atoms with Gasteiger partial charge in [-0.05, 0) is 139 Å². The van der Waals surface area contributed by atoms with Gasteiger partial charge in [0.2, 0.25) is 0 Å². The average Bonchev–Trinajstić information content (AvgIpc) is 3.76. The second kappa shape index (κ2) is 13.7. The number of fused-ring (bicyclic) bond motifs is 9. The Bertz CT molecular complexity index is 3470. The van der Waals surface area contributed by atoms with Crippen molar-refractivity contribution in [1.82, 2.24) is 4.57 Å².